The second-order valence-corrected chi connectivity index (χ2v) is 4.60. The first kappa shape index (κ1) is 13.9. The highest BCUT2D eigenvalue weighted by molar-refractivity contribution is 6.01. The topological polar surface area (TPSA) is 69.6 Å². The predicted octanol–water partition coefficient (Wildman–Crippen LogP) is 1.63. The summed E-state index contributed by atoms with van der Waals surface area (Å²) in [6, 6.07) is 6.00. The van der Waals surface area contributed by atoms with Crippen molar-refractivity contribution in [3.8, 4) is 12.3 Å². The SMILES string of the molecule is C#CCCCNC(=O)N1c2ccccc2CC1C(=O)O. The van der Waals surface area contributed by atoms with Crippen LogP contribution in [0.3, 0.4) is 0 Å². The maximum atomic E-state index is 12.2. The van der Waals surface area contributed by atoms with E-state index in [1.165, 1.54) is 4.90 Å². The Balaban J connectivity index is 2.12. The Hall–Kier alpha value is -2.48. The van der Waals surface area contributed by atoms with Gasteiger partial charge < -0.3 is 10.4 Å². The number of rotatable bonds is 4. The first-order chi connectivity index (χ1) is 9.65. The average molecular weight is 272 g/mol. The lowest BCUT2D eigenvalue weighted by atomic mass is 10.1. The van der Waals surface area contributed by atoms with Gasteiger partial charge in [-0.1, -0.05) is 18.2 Å². The van der Waals surface area contributed by atoms with Crippen LogP contribution in [0.25, 0.3) is 0 Å². The molecule has 0 aromatic heterocycles. The quantitative estimate of drug-likeness (QED) is 0.646. The molecule has 104 valence electrons. The van der Waals surface area contributed by atoms with E-state index >= 15 is 0 Å². The number of nitrogens with one attached hydrogen (secondary N) is 1. The van der Waals surface area contributed by atoms with E-state index in [-0.39, 0.29) is 6.03 Å². The van der Waals surface area contributed by atoms with Crippen molar-refractivity contribution in [2.45, 2.75) is 25.3 Å². The molecule has 1 aliphatic rings. The van der Waals surface area contributed by atoms with E-state index in [1.807, 2.05) is 12.1 Å². The number of anilines is 1. The minimum absolute atomic E-state index is 0.337. The number of hydrogen-bond acceptors (Lipinski definition) is 2. The van der Waals surface area contributed by atoms with Gasteiger partial charge in [0.05, 0.1) is 0 Å². The van der Waals surface area contributed by atoms with Gasteiger partial charge in [0.1, 0.15) is 6.04 Å². The fourth-order valence-corrected chi connectivity index (χ4v) is 2.31. The molecule has 2 N–H and O–H groups in total. The maximum absolute atomic E-state index is 12.2. The third-order valence-corrected chi connectivity index (χ3v) is 3.25. The molecule has 0 spiro atoms. The Bertz CT molecular complexity index is 562. The first-order valence-electron chi connectivity index (χ1n) is 6.46. The van der Waals surface area contributed by atoms with Crippen LogP contribution in [-0.2, 0) is 11.2 Å². The van der Waals surface area contributed by atoms with Gasteiger partial charge in [-0.3, -0.25) is 4.90 Å². The summed E-state index contributed by atoms with van der Waals surface area (Å²) >= 11 is 0. The summed E-state index contributed by atoms with van der Waals surface area (Å²) in [6.45, 7) is 0.439. The van der Waals surface area contributed by atoms with Crippen molar-refractivity contribution in [1.82, 2.24) is 5.32 Å². The number of hydrogen-bond donors (Lipinski definition) is 2. The van der Waals surface area contributed by atoms with E-state index in [9.17, 15) is 14.7 Å². The molecule has 1 atom stereocenters. The smallest absolute Gasteiger partial charge is 0.327 e. The Kier molecular flexibility index (Phi) is 4.26. The zero-order valence-electron chi connectivity index (χ0n) is 11.0. The summed E-state index contributed by atoms with van der Waals surface area (Å²) in [5, 5.41) is 12.0. The molecule has 0 saturated carbocycles. The molecule has 1 aromatic carbocycles. The van der Waals surface area contributed by atoms with Crippen molar-refractivity contribution in [3.05, 3.63) is 29.8 Å². The lowest BCUT2D eigenvalue weighted by Gasteiger charge is -2.22. The number of carbonyl (C=O) groups excluding carboxylic acids is 1. The van der Waals surface area contributed by atoms with E-state index in [1.54, 1.807) is 12.1 Å². The monoisotopic (exact) mass is 272 g/mol. The van der Waals surface area contributed by atoms with Crippen molar-refractivity contribution < 1.29 is 14.7 Å². The largest absolute Gasteiger partial charge is 0.480 e. The number of carbonyl (C=O) groups is 2. The first-order valence-corrected chi connectivity index (χ1v) is 6.46. The molecule has 1 heterocycles. The molecule has 2 amide bonds. The van der Waals surface area contributed by atoms with E-state index in [2.05, 4.69) is 11.2 Å². The maximum Gasteiger partial charge on any atom is 0.327 e. The number of fused-ring (bicyclic) bond motifs is 1. The van der Waals surface area contributed by atoms with Crippen LogP contribution in [0, 0.1) is 12.3 Å². The summed E-state index contributed by atoms with van der Waals surface area (Å²) in [6.07, 6.45) is 6.74. The van der Waals surface area contributed by atoms with Crippen LogP contribution in [0.15, 0.2) is 24.3 Å². The van der Waals surface area contributed by atoms with Crippen molar-refractivity contribution in [1.29, 1.82) is 0 Å². The molecule has 0 radical (unpaired) electrons. The van der Waals surface area contributed by atoms with Crippen molar-refractivity contribution in [2.24, 2.45) is 0 Å². The van der Waals surface area contributed by atoms with Gasteiger partial charge in [0, 0.05) is 25.1 Å². The third kappa shape index (κ3) is 2.75. The van der Waals surface area contributed by atoms with Gasteiger partial charge in [-0.25, -0.2) is 9.59 Å². The number of terminal acetylenes is 1. The van der Waals surface area contributed by atoms with Gasteiger partial charge in [0.2, 0.25) is 0 Å². The number of para-hydroxylation sites is 1. The molecule has 20 heavy (non-hydrogen) atoms. The fourth-order valence-electron chi connectivity index (χ4n) is 2.31. The summed E-state index contributed by atoms with van der Waals surface area (Å²) in [7, 11) is 0. The second-order valence-electron chi connectivity index (χ2n) is 4.60. The molecule has 5 heteroatoms. The predicted molar refractivity (Wildman–Crippen MR) is 75.5 cm³/mol. The van der Waals surface area contributed by atoms with Crippen LogP contribution in [0.5, 0.6) is 0 Å². The van der Waals surface area contributed by atoms with Crippen LogP contribution < -0.4 is 10.2 Å². The molecule has 0 aliphatic carbocycles. The average Bonchev–Trinajstić information content (AvgIpc) is 2.83. The highest BCUT2D eigenvalue weighted by atomic mass is 16.4. The molecular formula is C15H16N2O3. The van der Waals surface area contributed by atoms with Crippen molar-refractivity contribution >= 4 is 17.7 Å². The molecule has 0 saturated heterocycles. The number of carboxylic acid groups (broad SMARTS) is 1. The normalized spacial score (nSPS) is 16.4. The van der Waals surface area contributed by atoms with E-state index in [0.717, 1.165) is 5.56 Å². The van der Waals surface area contributed by atoms with Crippen LogP contribution in [0.1, 0.15) is 18.4 Å². The lowest BCUT2D eigenvalue weighted by molar-refractivity contribution is -0.138. The highest BCUT2D eigenvalue weighted by Crippen LogP contribution is 2.32. The third-order valence-electron chi connectivity index (χ3n) is 3.25. The molecule has 5 nitrogen and oxygen atoms in total. The Labute approximate surface area is 117 Å². The van der Waals surface area contributed by atoms with Gasteiger partial charge in [0.15, 0.2) is 0 Å². The minimum atomic E-state index is -1.00. The molecular weight excluding hydrogens is 256 g/mol. The molecule has 2 rings (SSSR count). The fraction of sp³-hybridized carbons (Fsp3) is 0.333. The number of urea groups is 1. The Morgan fingerprint density at radius 3 is 2.90 bits per heavy atom. The van der Waals surface area contributed by atoms with Gasteiger partial charge in [-0.2, -0.15) is 0 Å². The van der Waals surface area contributed by atoms with Gasteiger partial charge in [-0.05, 0) is 18.1 Å². The van der Waals surface area contributed by atoms with Crippen LogP contribution in [0.4, 0.5) is 10.5 Å². The molecule has 1 aromatic rings. The molecule has 1 aliphatic heterocycles. The summed E-state index contributed by atoms with van der Waals surface area (Å²) in [4.78, 5) is 24.8. The number of aliphatic carboxylic acids is 1. The summed E-state index contributed by atoms with van der Waals surface area (Å²) < 4.78 is 0. The minimum Gasteiger partial charge on any atom is -0.480 e. The Morgan fingerprint density at radius 1 is 1.45 bits per heavy atom. The van der Waals surface area contributed by atoms with Gasteiger partial charge in [0.25, 0.3) is 0 Å². The number of nitrogens with zero attached hydrogens (tertiary/aromatic N) is 1. The summed E-state index contributed by atoms with van der Waals surface area (Å²) in [5.41, 5.74) is 1.54. The molecule has 0 bridgehead atoms. The van der Waals surface area contributed by atoms with E-state index in [4.69, 9.17) is 6.42 Å². The highest BCUT2D eigenvalue weighted by Gasteiger charge is 2.38. The Morgan fingerprint density at radius 2 is 2.20 bits per heavy atom. The molecule has 0 fully saturated rings. The van der Waals surface area contributed by atoms with Crippen LogP contribution in [-0.4, -0.2) is 29.7 Å². The zero-order chi connectivity index (χ0) is 14.5. The number of amides is 2. The van der Waals surface area contributed by atoms with Crippen molar-refractivity contribution in [2.75, 3.05) is 11.4 Å². The number of unbranched alkanes of at least 4 members (excludes halogenated alkanes) is 1. The van der Waals surface area contributed by atoms with Crippen LogP contribution in [0.2, 0.25) is 0 Å². The second kappa shape index (κ2) is 6.11. The van der Waals surface area contributed by atoms with Gasteiger partial charge >= 0.3 is 12.0 Å². The molecule has 1 unspecified atom stereocenters. The van der Waals surface area contributed by atoms with Crippen molar-refractivity contribution in [3.63, 3.8) is 0 Å². The number of benzene rings is 1. The zero-order valence-corrected chi connectivity index (χ0v) is 11.0. The van der Waals surface area contributed by atoms with E-state index < -0.39 is 12.0 Å². The van der Waals surface area contributed by atoms with Gasteiger partial charge in [-0.15, -0.1) is 12.3 Å². The standard InChI is InChI=1S/C15H16N2O3/c1-2-3-6-9-16-15(20)17-12-8-5-4-7-11(12)10-13(17)14(18)19/h1,4-5,7-8,13H,3,6,9-10H2,(H,16,20)(H,18,19). The van der Waals surface area contributed by atoms with Crippen LogP contribution >= 0.6 is 0 Å². The number of carboxylic acids is 1. The summed E-state index contributed by atoms with van der Waals surface area (Å²) in [5.74, 6) is 1.49. The van der Waals surface area contributed by atoms with E-state index in [0.29, 0.717) is 31.5 Å². The lowest BCUT2D eigenvalue weighted by Crippen LogP contribution is -2.48.